The minimum Gasteiger partial charge on any atom is -0.545 e. The highest BCUT2D eigenvalue weighted by Crippen LogP contribution is 1.47. The molecule has 0 aromatic carbocycles. The van der Waals surface area contributed by atoms with Gasteiger partial charge in [-0.15, -0.1) is 0 Å². The van der Waals surface area contributed by atoms with Crippen molar-refractivity contribution in [3.8, 4) is 0 Å². The van der Waals surface area contributed by atoms with Crippen LogP contribution in [0.2, 0.25) is 0 Å². The van der Waals surface area contributed by atoms with Crippen molar-refractivity contribution < 1.29 is 15.0 Å². The van der Waals surface area contributed by atoms with E-state index in [1.807, 2.05) is 0 Å². The molecule has 0 spiro atoms. The van der Waals surface area contributed by atoms with E-state index in [2.05, 4.69) is 6.58 Å². The number of aliphatic hydroxyl groups excluding tert-OH is 1. The largest absolute Gasteiger partial charge is 0.545 e. The van der Waals surface area contributed by atoms with Crippen LogP contribution in [0.3, 0.4) is 0 Å². The third kappa shape index (κ3) is 41.4. The summed E-state index contributed by atoms with van der Waals surface area (Å²) in [4.78, 5) is 9.14. The Kier molecular flexibility index (Phi) is 12.4. The molecular formula is C5H10NO3-. The molecule has 0 bridgehead atoms. The lowest BCUT2D eigenvalue weighted by Gasteiger charge is -1.81. The summed E-state index contributed by atoms with van der Waals surface area (Å²) in [6.45, 7) is 3.37. The van der Waals surface area contributed by atoms with Gasteiger partial charge in [-0.3, -0.25) is 0 Å². The Morgan fingerprint density at radius 2 is 2.11 bits per heavy atom. The normalized spacial score (nSPS) is 6.89. The van der Waals surface area contributed by atoms with Crippen molar-refractivity contribution in [3.63, 3.8) is 0 Å². The molecule has 0 atom stereocenters. The lowest BCUT2D eigenvalue weighted by molar-refractivity contribution is -0.297. The van der Waals surface area contributed by atoms with Crippen molar-refractivity contribution in [1.82, 2.24) is 0 Å². The maximum absolute atomic E-state index is 9.14. The van der Waals surface area contributed by atoms with E-state index in [1.54, 1.807) is 0 Å². The van der Waals surface area contributed by atoms with Gasteiger partial charge >= 0.3 is 0 Å². The fraction of sp³-hybridized carbons (Fsp3) is 0.400. The van der Waals surface area contributed by atoms with Crippen molar-refractivity contribution in [1.29, 1.82) is 0 Å². The highest BCUT2D eigenvalue weighted by molar-refractivity contribution is 5.76. The van der Waals surface area contributed by atoms with Gasteiger partial charge in [0.2, 0.25) is 0 Å². The van der Waals surface area contributed by atoms with E-state index in [1.165, 1.54) is 0 Å². The van der Waals surface area contributed by atoms with Gasteiger partial charge in [-0.25, -0.2) is 0 Å². The number of aliphatic hydroxyl groups is 1. The number of aliphatic carboxylic acids is 1. The van der Waals surface area contributed by atoms with Gasteiger partial charge in [-0.1, -0.05) is 6.58 Å². The number of carboxylic acid groups (broad SMARTS) is 1. The highest BCUT2D eigenvalue weighted by atomic mass is 16.4. The molecule has 4 nitrogen and oxygen atoms in total. The zero-order chi connectivity index (χ0) is 7.70. The number of carboxylic acids is 1. The number of hydrogen-bond acceptors (Lipinski definition) is 4. The number of nitrogens with two attached hydrogens (primary N) is 1. The highest BCUT2D eigenvalue weighted by Gasteiger charge is 1.56. The Morgan fingerprint density at radius 1 is 1.89 bits per heavy atom. The number of hydrogen-bond donors (Lipinski definition) is 2. The summed E-state index contributed by atoms with van der Waals surface area (Å²) in [5.74, 6) is -1.23. The fourth-order valence-corrected chi connectivity index (χ4v) is 0. The second kappa shape index (κ2) is 10.2. The minimum atomic E-state index is -1.23. The Hall–Kier alpha value is -0.870. The molecule has 54 valence electrons. The zero-order valence-electron chi connectivity index (χ0n) is 5.04. The molecule has 0 aromatic rings. The van der Waals surface area contributed by atoms with E-state index in [9.17, 15) is 0 Å². The quantitative estimate of drug-likeness (QED) is 0.420. The van der Waals surface area contributed by atoms with Crippen LogP contribution in [0.4, 0.5) is 0 Å². The van der Waals surface area contributed by atoms with Crippen molar-refractivity contribution in [2.75, 3.05) is 13.2 Å². The number of carbonyl (C=O) groups is 1. The molecule has 0 unspecified atom stereocenters. The summed E-state index contributed by atoms with van der Waals surface area (Å²) in [6.07, 6.45) is 0.722. The molecule has 0 fully saturated rings. The molecule has 0 rings (SSSR count). The molecule has 0 aliphatic carbocycles. The first-order chi connectivity index (χ1) is 4.18. The van der Waals surface area contributed by atoms with Crippen LogP contribution in [0, 0.1) is 0 Å². The second-order valence-electron chi connectivity index (χ2n) is 1.04. The van der Waals surface area contributed by atoms with E-state index in [4.69, 9.17) is 20.7 Å². The molecule has 0 heterocycles. The van der Waals surface area contributed by atoms with Crippen LogP contribution in [-0.4, -0.2) is 24.2 Å². The average Bonchev–Trinajstić information content (AvgIpc) is 1.89. The SMILES string of the molecule is C=CC(=O)[O-].NCCO. The molecule has 0 amide bonds. The summed E-state index contributed by atoms with van der Waals surface area (Å²) in [6, 6.07) is 0. The smallest absolute Gasteiger partial charge is 0.0636 e. The first kappa shape index (κ1) is 11.0. The zero-order valence-corrected chi connectivity index (χ0v) is 5.04. The fourth-order valence-electron chi connectivity index (χ4n) is 0. The summed E-state index contributed by atoms with van der Waals surface area (Å²) >= 11 is 0. The summed E-state index contributed by atoms with van der Waals surface area (Å²) in [5, 5.41) is 16.9. The predicted octanol–water partition coefficient (Wildman–Crippen LogP) is -2.14. The van der Waals surface area contributed by atoms with Crippen LogP contribution in [-0.2, 0) is 4.79 Å². The van der Waals surface area contributed by atoms with Gasteiger partial charge in [0.25, 0.3) is 0 Å². The third-order valence-electron chi connectivity index (χ3n) is 0.296. The first-order valence-corrected chi connectivity index (χ1v) is 2.33. The number of rotatable bonds is 2. The molecule has 0 aliphatic rings. The van der Waals surface area contributed by atoms with E-state index >= 15 is 0 Å². The summed E-state index contributed by atoms with van der Waals surface area (Å²) < 4.78 is 0. The Labute approximate surface area is 53.6 Å². The van der Waals surface area contributed by atoms with Gasteiger partial charge in [-0.05, 0) is 6.08 Å². The molecule has 0 radical (unpaired) electrons. The van der Waals surface area contributed by atoms with E-state index < -0.39 is 5.97 Å². The lowest BCUT2D eigenvalue weighted by atomic mass is 10.7. The van der Waals surface area contributed by atoms with Gasteiger partial charge < -0.3 is 20.7 Å². The molecule has 9 heavy (non-hydrogen) atoms. The monoisotopic (exact) mass is 132 g/mol. The Morgan fingerprint density at radius 3 is 2.11 bits per heavy atom. The van der Waals surface area contributed by atoms with Crippen LogP contribution in [0.15, 0.2) is 12.7 Å². The first-order valence-electron chi connectivity index (χ1n) is 2.33. The molecule has 3 N–H and O–H groups in total. The standard InChI is InChI=1S/C3H4O2.C2H7NO/c1-2-3(4)5;3-1-2-4/h2H,1H2,(H,4,5);4H,1-3H2/p-1. The van der Waals surface area contributed by atoms with Gasteiger partial charge in [0.15, 0.2) is 0 Å². The molecule has 0 aromatic heterocycles. The van der Waals surface area contributed by atoms with E-state index in [0.717, 1.165) is 6.08 Å². The molecular weight excluding hydrogens is 122 g/mol. The predicted molar refractivity (Wildman–Crippen MR) is 31.3 cm³/mol. The average molecular weight is 132 g/mol. The maximum Gasteiger partial charge on any atom is 0.0636 e. The van der Waals surface area contributed by atoms with Gasteiger partial charge in [0.05, 0.1) is 12.6 Å². The molecule has 0 aliphatic heterocycles. The van der Waals surface area contributed by atoms with Crippen molar-refractivity contribution >= 4 is 5.97 Å². The van der Waals surface area contributed by atoms with Crippen LogP contribution in [0.25, 0.3) is 0 Å². The molecule has 0 saturated heterocycles. The van der Waals surface area contributed by atoms with Crippen LogP contribution in [0.1, 0.15) is 0 Å². The minimum absolute atomic E-state index is 0.0972. The van der Waals surface area contributed by atoms with Gasteiger partial charge in [0, 0.05) is 6.54 Å². The van der Waals surface area contributed by atoms with E-state index in [-0.39, 0.29) is 6.61 Å². The third-order valence-corrected chi connectivity index (χ3v) is 0.296. The summed E-state index contributed by atoms with van der Waals surface area (Å²) in [7, 11) is 0. The topological polar surface area (TPSA) is 86.4 Å². The lowest BCUT2D eigenvalue weighted by Crippen LogP contribution is -2.17. The van der Waals surface area contributed by atoms with E-state index in [0.29, 0.717) is 6.54 Å². The number of carbonyl (C=O) groups excluding carboxylic acids is 1. The van der Waals surface area contributed by atoms with Crippen LogP contribution < -0.4 is 10.8 Å². The van der Waals surface area contributed by atoms with Crippen LogP contribution >= 0.6 is 0 Å². The molecule has 4 heteroatoms. The molecule has 0 saturated carbocycles. The Balaban J connectivity index is 0. The maximum atomic E-state index is 9.14. The van der Waals surface area contributed by atoms with Gasteiger partial charge in [-0.2, -0.15) is 0 Å². The second-order valence-corrected chi connectivity index (χ2v) is 1.04. The van der Waals surface area contributed by atoms with Gasteiger partial charge in [0.1, 0.15) is 0 Å². The van der Waals surface area contributed by atoms with Crippen molar-refractivity contribution in [2.24, 2.45) is 5.73 Å². The van der Waals surface area contributed by atoms with Crippen molar-refractivity contribution in [2.45, 2.75) is 0 Å². The Bertz CT molecular complexity index is 80.3. The van der Waals surface area contributed by atoms with Crippen LogP contribution in [0.5, 0.6) is 0 Å². The van der Waals surface area contributed by atoms with Crippen molar-refractivity contribution in [3.05, 3.63) is 12.7 Å². The summed E-state index contributed by atoms with van der Waals surface area (Å²) in [5.41, 5.74) is 4.78.